The van der Waals surface area contributed by atoms with Crippen molar-refractivity contribution in [3.05, 3.63) is 27.9 Å². The summed E-state index contributed by atoms with van der Waals surface area (Å²) in [6.07, 6.45) is 0. The highest BCUT2D eigenvalue weighted by molar-refractivity contribution is 7.15. The number of carbonyl (C=O) groups excluding carboxylic acids is 1. The number of pyridine rings is 1. The maximum Gasteiger partial charge on any atom is 0.321 e. The van der Waals surface area contributed by atoms with Crippen LogP contribution in [-0.4, -0.2) is 28.3 Å². The van der Waals surface area contributed by atoms with Crippen LogP contribution >= 0.6 is 11.3 Å². The molecule has 0 aromatic carbocycles. The molecule has 2 amide bonds. The Labute approximate surface area is 145 Å². The minimum absolute atomic E-state index is 0.0912. The van der Waals surface area contributed by atoms with Crippen LogP contribution in [-0.2, 0) is 12.0 Å². The van der Waals surface area contributed by atoms with E-state index in [0.717, 1.165) is 21.8 Å². The molecule has 0 unspecified atom stereocenters. The summed E-state index contributed by atoms with van der Waals surface area (Å²) in [6, 6.07) is 1.62. The first-order valence-electron chi connectivity index (χ1n) is 7.60. The SMILES string of the molecule is COc1nc(C)cc(C)c1CNC(=O)Nc1nnc(C(C)(C)C)s1. The molecule has 0 radical (unpaired) electrons. The third kappa shape index (κ3) is 4.41. The van der Waals surface area contributed by atoms with Crippen molar-refractivity contribution in [3.8, 4) is 5.88 Å². The van der Waals surface area contributed by atoms with Gasteiger partial charge in [0.25, 0.3) is 0 Å². The highest BCUT2D eigenvalue weighted by Crippen LogP contribution is 2.27. The average molecular weight is 349 g/mol. The molecule has 0 fully saturated rings. The van der Waals surface area contributed by atoms with E-state index in [1.165, 1.54) is 11.3 Å². The molecular weight excluding hydrogens is 326 g/mol. The van der Waals surface area contributed by atoms with Crippen molar-refractivity contribution in [1.29, 1.82) is 0 Å². The summed E-state index contributed by atoms with van der Waals surface area (Å²) >= 11 is 1.37. The number of hydrogen-bond donors (Lipinski definition) is 2. The van der Waals surface area contributed by atoms with E-state index < -0.39 is 0 Å². The second-order valence-electron chi connectivity index (χ2n) is 6.54. The second kappa shape index (κ2) is 7.12. The Bertz CT molecular complexity index is 737. The van der Waals surface area contributed by atoms with Gasteiger partial charge in [-0.3, -0.25) is 5.32 Å². The Morgan fingerprint density at radius 3 is 2.58 bits per heavy atom. The molecule has 7 nitrogen and oxygen atoms in total. The molecule has 0 aliphatic rings. The van der Waals surface area contributed by atoms with E-state index in [0.29, 0.717) is 17.6 Å². The first-order valence-corrected chi connectivity index (χ1v) is 8.42. The summed E-state index contributed by atoms with van der Waals surface area (Å²) in [4.78, 5) is 16.4. The van der Waals surface area contributed by atoms with Crippen LogP contribution in [0.2, 0.25) is 0 Å². The molecule has 0 aliphatic carbocycles. The largest absolute Gasteiger partial charge is 0.481 e. The number of ether oxygens (including phenoxy) is 1. The molecule has 130 valence electrons. The fraction of sp³-hybridized carbons (Fsp3) is 0.500. The second-order valence-corrected chi connectivity index (χ2v) is 7.52. The van der Waals surface area contributed by atoms with Gasteiger partial charge in [-0.1, -0.05) is 32.1 Å². The highest BCUT2D eigenvalue weighted by Gasteiger charge is 2.20. The zero-order valence-electron chi connectivity index (χ0n) is 14.9. The van der Waals surface area contributed by atoms with Gasteiger partial charge in [-0.2, -0.15) is 0 Å². The van der Waals surface area contributed by atoms with E-state index >= 15 is 0 Å². The number of methoxy groups -OCH3 is 1. The molecule has 2 aromatic heterocycles. The Hall–Kier alpha value is -2.22. The fourth-order valence-corrected chi connectivity index (χ4v) is 2.90. The summed E-state index contributed by atoms with van der Waals surface area (Å²) in [7, 11) is 1.57. The van der Waals surface area contributed by atoms with Crippen LogP contribution in [0.25, 0.3) is 0 Å². The van der Waals surface area contributed by atoms with Gasteiger partial charge in [0.05, 0.1) is 13.7 Å². The van der Waals surface area contributed by atoms with Gasteiger partial charge in [0.1, 0.15) is 5.01 Å². The van der Waals surface area contributed by atoms with E-state index in [9.17, 15) is 4.79 Å². The van der Waals surface area contributed by atoms with Crippen molar-refractivity contribution in [1.82, 2.24) is 20.5 Å². The zero-order chi connectivity index (χ0) is 17.9. The van der Waals surface area contributed by atoms with Crippen LogP contribution in [0, 0.1) is 13.8 Å². The summed E-state index contributed by atoms with van der Waals surface area (Å²) in [6.45, 7) is 10.3. The van der Waals surface area contributed by atoms with Crippen molar-refractivity contribution in [2.24, 2.45) is 0 Å². The van der Waals surface area contributed by atoms with E-state index in [2.05, 4.69) is 46.6 Å². The number of aryl methyl sites for hydroxylation is 2. The van der Waals surface area contributed by atoms with Gasteiger partial charge >= 0.3 is 6.03 Å². The minimum atomic E-state index is -0.339. The molecule has 2 rings (SSSR count). The molecule has 2 N–H and O–H groups in total. The maximum absolute atomic E-state index is 12.1. The summed E-state index contributed by atoms with van der Waals surface area (Å²) in [5.41, 5.74) is 2.66. The Morgan fingerprint density at radius 1 is 1.29 bits per heavy atom. The number of amides is 2. The Balaban J connectivity index is 2.00. The van der Waals surface area contributed by atoms with Crippen LogP contribution < -0.4 is 15.4 Å². The summed E-state index contributed by atoms with van der Waals surface area (Å²) in [5, 5.41) is 15.0. The third-order valence-electron chi connectivity index (χ3n) is 3.34. The predicted octanol–water partition coefficient (Wildman–Crippen LogP) is 3.18. The fourth-order valence-electron chi connectivity index (χ4n) is 2.10. The molecule has 0 bridgehead atoms. The number of anilines is 1. The molecule has 0 saturated carbocycles. The van der Waals surface area contributed by atoms with Crippen molar-refractivity contribution in [2.45, 2.75) is 46.6 Å². The van der Waals surface area contributed by atoms with Crippen LogP contribution in [0.4, 0.5) is 9.93 Å². The van der Waals surface area contributed by atoms with Crippen LogP contribution in [0.1, 0.15) is 42.6 Å². The van der Waals surface area contributed by atoms with E-state index in [4.69, 9.17) is 4.74 Å². The first kappa shape index (κ1) is 18.1. The standard InChI is InChI=1S/C16H23N5O2S/c1-9-7-10(2)18-12(23-6)11(9)8-17-14(22)19-15-21-20-13(24-15)16(3,4)5/h7H,8H2,1-6H3,(H2,17,19,21,22). The lowest BCUT2D eigenvalue weighted by Crippen LogP contribution is -2.28. The topological polar surface area (TPSA) is 89.0 Å². The van der Waals surface area contributed by atoms with Crippen LogP contribution in [0.5, 0.6) is 5.88 Å². The summed E-state index contributed by atoms with van der Waals surface area (Å²) < 4.78 is 5.30. The number of nitrogens with one attached hydrogen (secondary N) is 2. The third-order valence-corrected chi connectivity index (χ3v) is 4.61. The molecule has 0 aliphatic heterocycles. The lowest BCUT2D eigenvalue weighted by molar-refractivity contribution is 0.251. The molecule has 24 heavy (non-hydrogen) atoms. The van der Waals surface area contributed by atoms with Crippen molar-refractivity contribution >= 4 is 22.5 Å². The minimum Gasteiger partial charge on any atom is -0.481 e. The molecular formula is C16H23N5O2S. The molecule has 8 heteroatoms. The van der Waals surface area contributed by atoms with Crippen LogP contribution in [0.3, 0.4) is 0 Å². The first-order chi connectivity index (χ1) is 11.2. The maximum atomic E-state index is 12.1. The van der Waals surface area contributed by atoms with Gasteiger partial charge in [0.2, 0.25) is 11.0 Å². The van der Waals surface area contributed by atoms with Gasteiger partial charge in [-0.15, -0.1) is 10.2 Å². The van der Waals surface area contributed by atoms with Gasteiger partial charge in [-0.05, 0) is 25.5 Å². The monoisotopic (exact) mass is 349 g/mol. The van der Waals surface area contributed by atoms with Crippen molar-refractivity contribution < 1.29 is 9.53 Å². The van der Waals surface area contributed by atoms with Gasteiger partial charge in [0, 0.05) is 16.7 Å². The van der Waals surface area contributed by atoms with Crippen molar-refractivity contribution in [3.63, 3.8) is 0 Å². The van der Waals surface area contributed by atoms with Crippen molar-refractivity contribution in [2.75, 3.05) is 12.4 Å². The number of carbonyl (C=O) groups is 1. The highest BCUT2D eigenvalue weighted by atomic mass is 32.1. The predicted molar refractivity (Wildman–Crippen MR) is 94.7 cm³/mol. The average Bonchev–Trinajstić information content (AvgIpc) is 2.94. The normalized spacial score (nSPS) is 11.2. The molecule has 2 aromatic rings. The van der Waals surface area contributed by atoms with E-state index in [-0.39, 0.29) is 11.4 Å². The number of urea groups is 1. The smallest absolute Gasteiger partial charge is 0.321 e. The zero-order valence-corrected chi connectivity index (χ0v) is 15.7. The Kier molecular flexibility index (Phi) is 5.38. The number of aromatic nitrogens is 3. The molecule has 0 atom stereocenters. The van der Waals surface area contributed by atoms with Gasteiger partial charge in [0.15, 0.2) is 0 Å². The lowest BCUT2D eigenvalue weighted by Gasteiger charge is -2.13. The van der Waals surface area contributed by atoms with E-state index in [1.54, 1.807) is 7.11 Å². The van der Waals surface area contributed by atoms with Gasteiger partial charge < -0.3 is 10.1 Å². The number of rotatable bonds is 4. The molecule has 0 saturated heterocycles. The van der Waals surface area contributed by atoms with Gasteiger partial charge in [-0.25, -0.2) is 9.78 Å². The molecule has 2 heterocycles. The molecule has 0 spiro atoms. The summed E-state index contributed by atoms with van der Waals surface area (Å²) in [5.74, 6) is 0.527. The quantitative estimate of drug-likeness (QED) is 0.885. The van der Waals surface area contributed by atoms with Crippen LogP contribution in [0.15, 0.2) is 6.07 Å². The Morgan fingerprint density at radius 2 is 2.00 bits per heavy atom. The number of hydrogen-bond acceptors (Lipinski definition) is 6. The number of nitrogens with zero attached hydrogens (tertiary/aromatic N) is 3. The lowest BCUT2D eigenvalue weighted by atomic mass is 9.98. The van der Waals surface area contributed by atoms with E-state index in [1.807, 2.05) is 19.9 Å².